The lowest BCUT2D eigenvalue weighted by atomic mass is 10.2. The number of hydrogen-bond acceptors (Lipinski definition) is 4. The maximum absolute atomic E-state index is 11.3. The van der Waals surface area contributed by atoms with E-state index >= 15 is 0 Å². The molecule has 2 N–H and O–H groups in total. The highest BCUT2D eigenvalue weighted by atomic mass is 16.2. The molecule has 0 aliphatic carbocycles. The summed E-state index contributed by atoms with van der Waals surface area (Å²) in [6.07, 6.45) is 4.37. The molecule has 0 radical (unpaired) electrons. The third-order valence-electron chi connectivity index (χ3n) is 3.09. The molecule has 0 saturated carbocycles. The van der Waals surface area contributed by atoms with Crippen LogP contribution in [0.3, 0.4) is 0 Å². The Balaban J connectivity index is 1.75. The van der Waals surface area contributed by atoms with Crippen molar-refractivity contribution in [3.05, 3.63) is 48.3 Å². The van der Waals surface area contributed by atoms with Crippen LogP contribution in [0.2, 0.25) is 0 Å². The summed E-state index contributed by atoms with van der Waals surface area (Å²) >= 11 is 0. The van der Waals surface area contributed by atoms with Crippen LogP contribution >= 0.6 is 0 Å². The summed E-state index contributed by atoms with van der Waals surface area (Å²) in [7, 11) is 0. The maximum atomic E-state index is 11.3. The molecule has 0 fully saturated rings. The van der Waals surface area contributed by atoms with Crippen molar-refractivity contribution in [2.45, 2.75) is 19.4 Å². The smallest absolute Gasteiger partial charge is 0.262 e. The molecule has 1 aliphatic rings. The zero-order valence-corrected chi connectivity index (χ0v) is 11.1. The second-order valence-corrected chi connectivity index (χ2v) is 4.67. The lowest BCUT2D eigenvalue weighted by Crippen LogP contribution is -2.50. The highest BCUT2D eigenvalue weighted by molar-refractivity contribution is 5.94. The number of aliphatic imine (C=N–C) groups is 1. The van der Waals surface area contributed by atoms with Crippen molar-refractivity contribution < 1.29 is 4.79 Å². The molecule has 6 heteroatoms. The van der Waals surface area contributed by atoms with Crippen molar-refractivity contribution in [2.75, 3.05) is 0 Å². The van der Waals surface area contributed by atoms with E-state index in [-0.39, 0.29) is 11.9 Å². The van der Waals surface area contributed by atoms with Gasteiger partial charge in [0.15, 0.2) is 0 Å². The van der Waals surface area contributed by atoms with Gasteiger partial charge in [0.25, 0.3) is 5.91 Å². The summed E-state index contributed by atoms with van der Waals surface area (Å²) in [4.78, 5) is 15.6. The number of aromatic nitrogens is 2. The largest absolute Gasteiger partial charge is 0.285 e. The second kappa shape index (κ2) is 5.16. The molecule has 2 heterocycles. The molecule has 3 rings (SSSR count). The molecule has 1 atom stereocenters. The highest BCUT2D eigenvalue weighted by Gasteiger charge is 2.18. The van der Waals surface area contributed by atoms with E-state index in [1.54, 1.807) is 13.1 Å². The molecule has 1 aliphatic heterocycles. The molecule has 1 amide bonds. The number of carbonyl (C=O) groups is 1. The fourth-order valence-corrected chi connectivity index (χ4v) is 2.02. The van der Waals surface area contributed by atoms with Crippen molar-refractivity contribution in [3.63, 3.8) is 0 Å². The topological polar surface area (TPSA) is 71.3 Å². The van der Waals surface area contributed by atoms with Gasteiger partial charge in [-0.15, -0.1) is 0 Å². The van der Waals surface area contributed by atoms with E-state index in [4.69, 9.17) is 0 Å². The first-order chi connectivity index (χ1) is 9.72. The van der Waals surface area contributed by atoms with Crippen LogP contribution in [0.1, 0.15) is 12.5 Å². The number of rotatable bonds is 3. The summed E-state index contributed by atoms with van der Waals surface area (Å²) in [5, 5.41) is 4.33. The van der Waals surface area contributed by atoms with Crippen LogP contribution in [0.15, 0.2) is 47.7 Å². The zero-order chi connectivity index (χ0) is 13.9. The number of hydrazine groups is 1. The summed E-state index contributed by atoms with van der Waals surface area (Å²) in [6, 6.07) is 9.56. The van der Waals surface area contributed by atoms with E-state index in [0.717, 1.165) is 17.1 Å². The maximum Gasteiger partial charge on any atom is 0.262 e. The molecule has 2 aromatic rings. The summed E-state index contributed by atoms with van der Waals surface area (Å²) in [6.45, 7) is 1.77. The van der Waals surface area contributed by atoms with E-state index in [1.165, 1.54) is 0 Å². The second-order valence-electron chi connectivity index (χ2n) is 4.67. The lowest BCUT2D eigenvalue weighted by molar-refractivity contribution is -0.122. The minimum absolute atomic E-state index is 0.117. The molecular formula is C14H15N5O. The number of amidine groups is 1. The van der Waals surface area contributed by atoms with Crippen LogP contribution < -0.4 is 10.9 Å². The number of para-hydroxylation sites is 1. The van der Waals surface area contributed by atoms with Gasteiger partial charge in [0, 0.05) is 12.6 Å². The third-order valence-corrected chi connectivity index (χ3v) is 3.09. The number of nitrogens with one attached hydrogen (secondary N) is 2. The first kappa shape index (κ1) is 12.4. The molecule has 1 aromatic heterocycles. The quantitative estimate of drug-likeness (QED) is 0.867. The van der Waals surface area contributed by atoms with Crippen LogP contribution in [0.4, 0.5) is 0 Å². The van der Waals surface area contributed by atoms with E-state index in [0.29, 0.717) is 6.42 Å². The number of amides is 1. The van der Waals surface area contributed by atoms with E-state index in [9.17, 15) is 4.79 Å². The van der Waals surface area contributed by atoms with Crippen molar-refractivity contribution in [1.29, 1.82) is 0 Å². The third kappa shape index (κ3) is 2.54. The molecule has 102 valence electrons. The molecule has 0 bridgehead atoms. The van der Waals surface area contributed by atoms with Crippen LogP contribution in [0, 0.1) is 0 Å². The Labute approximate surface area is 116 Å². The molecule has 1 unspecified atom stereocenters. The Morgan fingerprint density at radius 2 is 2.05 bits per heavy atom. The van der Waals surface area contributed by atoms with E-state index < -0.39 is 0 Å². The van der Waals surface area contributed by atoms with Crippen LogP contribution in [-0.2, 0) is 11.2 Å². The van der Waals surface area contributed by atoms with Gasteiger partial charge in [0.05, 0.1) is 11.9 Å². The predicted octanol–water partition coefficient (Wildman–Crippen LogP) is 0.836. The SMILES string of the molecule is CC1N=C(Cc2cnn(-c3ccccc3)c2)NNC1=O. The monoisotopic (exact) mass is 269 g/mol. The normalized spacial score (nSPS) is 18.1. The van der Waals surface area contributed by atoms with Crippen molar-refractivity contribution >= 4 is 11.7 Å². The first-order valence-electron chi connectivity index (χ1n) is 6.44. The molecule has 6 nitrogen and oxygen atoms in total. The fourth-order valence-electron chi connectivity index (χ4n) is 2.02. The minimum atomic E-state index is -0.351. The Bertz CT molecular complexity index is 647. The van der Waals surface area contributed by atoms with E-state index in [2.05, 4.69) is 20.9 Å². The van der Waals surface area contributed by atoms with Crippen LogP contribution in [0.5, 0.6) is 0 Å². The Morgan fingerprint density at radius 1 is 1.25 bits per heavy atom. The van der Waals surface area contributed by atoms with Crippen LogP contribution in [0.25, 0.3) is 5.69 Å². The van der Waals surface area contributed by atoms with Crippen molar-refractivity contribution in [1.82, 2.24) is 20.6 Å². The van der Waals surface area contributed by atoms with Gasteiger partial charge in [0.2, 0.25) is 0 Å². The average molecular weight is 269 g/mol. The van der Waals surface area contributed by atoms with E-state index in [1.807, 2.05) is 41.2 Å². The van der Waals surface area contributed by atoms with Crippen molar-refractivity contribution in [3.8, 4) is 5.69 Å². The van der Waals surface area contributed by atoms with Gasteiger partial charge in [-0.1, -0.05) is 18.2 Å². The zero-order valence-electron chi connectivity index (χ0n) is 11.1. The number of hydrogen-bond donors (Lipinski definition) is 2. The molecular weight excluding hydrogens is 254 g/mol. The van der Waals surface area contributed by atoms with Gasteiger partial charge < -0.3 is 0 Å². The van der Waals surface area contributed by atoms with Crippen molar-refractivity contribution in [2.24, 2.45) is 4.99 Å². The Kier molecular flexibility index (Phi) is 3.20. The fraction of sp³-hybridized carbons (Fsp3) is 0.214. The van der Waals surface area contributed by atoms with Gasteiger partial charge in [-0.2, -0.15) is 5.10 Å². The number of nitrogens with zero attached hydrogens (tertiary/aromatic N) is 3. The molecule has 1 aromatic carbocycles. The van der Waals surface area contributed by atoms with Gasteiger partial charge in [-0.3, -0.25) is 20.6 Å². The molecule has 0 spiro atoms. The average Bonchev–Trinajstić information content (AvgIpc) is 2.92. The summed E-state index contributed by atoms with van der Waals surface area (Å²) < 4.78 is 1.82. The standard InChI is InChI=1S/C14H15N5O/c1-10-14(20)18-17-13(16-10)7-11-8-15-19(9-11)12-5-3-2-4-6-12/h2-6,8-10H,7H2,1H3,(H,16,17)(H,18,20). The first-order valence-corrected chi connectivity index (χ1v) is 6.44. The highest BCUT2D eigenvalue weighted by Crippen LogP contribution is 2.09. The summed E-state index contributed by atoms with van der Waals surface area (Å²) in [5.41, 5.74) is 7.45. The molecule has 20 heavy (non-hydrogen) atoms. The van der Waals surface area contributed by atoms with Crippen LogP contribution in [-0.4, -0.2) is 27.6 Å². The summed E-state index contributed by atoms with van der Waals surface area (Å²) in [5.74, 6) is 0.624. The molecule has 0 saturated heterocycles. The number of benzene rings is 1. The van der Waals surface area contributed by atoms with Gasteiger partial charge in [0.1, 0.15) is 11.9 Å². The lowest BCUT2D eigenvalue weighted by Gasteiger charge is -2.19. The Hall–Kier alpha value is -2.63. The van der Waals surface area contributed by atoms with Gasteiger partial charge in [-0.05, 0) is 24.6 Å². The minimum Gasteiger partial charge on any atom is -0.285 e. The van der Waals surface area contributed by atoms with Gasteiger partial charge in [-0.25, -0.2) is 4.68 Å². The predicted molar refractivity (Wildman–Crippen MR) is 75.4 cm³/mol. The number of carbonyl (C=O) groups excluding carboxylic acids is 1. The Morgan fingerprint density at radius 3 is 2.80 bits per heavy atom. The van der Waals surface area contributed by atoms with Gasteiger partial charge >= 0.3 is 0 Å².